The van der Waals surface area contributed by atoms with E-state index in [-0.39, 0.29) is 12.0 Å². The van der Waals surface area contributed by atoms with E-state index in [0.29, 0.717) is 36.8 Å². The molecule has 0 aliphatic carbocycles. The molecular weight excluding hydrogens is 254 g/mol. The fraction of sp³-hybridized carbons (Fsp3) is 0.583. The van der Waals surface area contributed by atoms with E-state index in [1.807, 2.05) is 6.92 Å². The molecule has 6 heteroatoms. The van der Waals surface area contributed by atoms with Crippen molar-refractivity contribution in [3.63, 3.8) is 0 Å². The molecule has 0 bridgehead atoms. The van der Waals surface area contributed by atoms with Gasteiger partial charge in [0.1, 0.15) is 0 Å². The number of aromatic nitrogens is 2. The Morgan fingerprint density at radius 1 is 1.56 bits per heavy atom. The van der Waals surface area contributed by atoms with Crippen molar-refractivity contribution in [3.05, 3.63) is 23.0 Å². The lowest BCUT2D eigenvalue weighted by Crippen LogP contribution is -2.46. The van der Waals surface area contributed by atoms with E-state index >= 15 is 0 Å². The van der Waals surface area contributed by atoms with Gasteiger partial charge in [0.15, 0.2) is 0 Å². The molecule has 1 fully saturated rings. The maximum Gasteiger partial charge on any atom is 0.256 e. The molecule has 1 unspecified atom stereocenters. The largest absolute Gasteiger partial charge is 0.373 e. The number of nitrogens with zero attached hydrogens (tertiary/aromatic N) is 3. The number of amides is 1. The Balaban J connectivity index is 2.17. The van der Waals surface area contributed by atoms with Crippen LogP contribution in [0.5, 0.6) is 0 Å². The highest BCUT2D eigenvalue weighted by molar-refractivity contribution is 6.18. The first-order chi connectivity index (χ1) is 8.61. The third-order valence-corrected chi connectivity index (χ3v) is 3.27. The zero-order valence-electron chi connectivity index (χ0n) is 10.5. The molecule has 1 aliphatic heterocycles. The molecule has 0 N–H and O–H groups in total. The second-order valence-corrected chi connectivity index (χ2v) is 4.69. The molecule has 5 nitrogen and oxygen atoms in total. The Labute approximate surface area is 111 Å². The van der Waals surface area contributed by atoms with Crippen molar-refractivity contribution in [1.29, 1.82) is 0 Å². The lowest BCUT2D eigenvalue weighted by molar-refractivity contribution is -0.0108. The van der Waals surface area contributed by atoms with Crippen molar-refractivity contribution in [1.82, 2.24) is 15.1 Å². The van der Waals surface area contributed by atoms with Gasteiger partial charge in [-0.2, -0.15) is 10.2 Å². The van der Waals surface area contributed by atoms with E-state index in [1.165, 1.54) is 0 Å². The number of alkyl halides is 1. The Kier molecular flexibility index (Phi) is 4.14. The van der Waals surface area contributed by atoms with Gasteiger partial charge in [-0.25, -0.2) is 0 Å². The van der Waals surface area contributed by atoms with Crippen molar-refractivity contribution < 1.29 is 9.53 Å². The normalized spacial score (nSPS) is 19.9. The van der Waals surface area contributed by atoms with Crippen molar-refractivity contribution in [2.24, 2.45) is 0 Å². The third kappa shape index (κ3) is 2.79. The molecule has 1 amide bonds. The minimum absolute atomic E-state index is 0.0242. The van der Waals surface area contributed by atoms with E-state index in [9.17, 15) is 4.79 Å². The Morgan fingerprint density at radius 2 is 2.33 bits per heavy atom. The molecular formula is C12H16ClN3O2. The van der Waals surface area contributed by atoms with Gasteiger partial charge in [-0.1, -0.05) is 0 Å². The molecule has 2 heterocycles. The summed E-state index contributed by atoms with van der Waals surface area (Å²) in [5.74, 6) is 0.375. The Hall–Kier alpha value is -1.20. The number of aryl methyl sites for hydroxylation is 2. The average molecular weight is 270 g/mol. The van der Waals surface area contributed by atoms with Gasteiger partial charge in [0.25, 0.3) is 5.91 Å². The molecule has 1 aliphatic rings. The van der Waals surface area contributed by atoms with E-state index in [2.05, 4.69) is 10.2 Å². The molecule has 0 spiro atoms. The van der Waals surface area contributed by atoms with Gasteiger partial charge in [0.2, 0.25) is 0 Å². The van der Waals surface area contributed by atoms with Crippen molar-refractivity contribution >= 4 is 17.5 Å². The summed E-state index contributed by atoms with van der Waals surface area (Å²) in [6.45, 7) is 5.26. The molecule has 1 aromatic rings. The monoisotopic (exact) mass is 269 g/mol. The first kappa shape index (κ1) is 13.2. The fourth-order valence-corrected chi connectivity index (χ4v) is 2.12. The second kappa shape index (κ2) is 5.63. The molecule has 0 aromatic carbocycles. The summed E-state index contributed by atoms with van der Waals surface area (Å²) >= 11 is 5.77. The standard InChI is InChI=1S/C12H16ClN3O2/c1-8-5-11(9(2)15-14-8)12(17)16-3-4-18-10(6-13)7-16/h5,10H,3-4,6-7H2,1-2H3. The minimum atomic E-state index is -0.0828. The van der Waals surface area contributed by atoms with Crippen LogP contribution in [0, 0.1) is 13.8 Å². The van der Waals surface area contributed by atoms with Crippen LogP contribution < -0.4 is 0 Å². The zero-order valence-corrected chi connectivity index (χ0v) is 11.3. The quantitative estimate of drug-likeness (QED) is 0.757. The molecule has 0 saturated carbocycles. The van der Waals surface area contributed by atoms with E-state index in [1.54, 1.807) is 17.9 Å². The summed E-state index contributed by atoms with van der Waals surface area (Å²) in [5.41, 5.74) is 2.00. The van der Waals surface area contributed by atoms with Crippen LogP contribution in [0.3, 0.4) is 0 Å². The predicted octanol–water partition coefficient (Wildman–Crippen LogP) is 1.17. The van der Waals surface area contributed by atoms with Gasteiger partial charge in [0.05, 0.1) is 35.5 Å². The molecule has 1 saturated heterocycles. The fourth-order valence-electron chi connectivity index (χ4n) is 1.93. The van der Waals surface area contributed by atoms with Crippen molar-refractivity contribution in [2.45, 2.75) is 20.0 Å². The van der Waals surface area contributed by atoms with Crippen LogP contribution in [0.25, 0.3) is 0 Å². The molecule has 18 heavy (non-hydrogen) atoms. The van der Waals surface area contributed by atoms with Gasteiger partial charge in [0, 0.05) is 13.1 Å². The summed E-state index contributed by atoms with van der Waals surface area (Å²) in [4.78, 5) is 14.2. The lowest BCUT2D eigenvalue weighted by atomic mass is 10.1. The maximum atomic E-state index is 12.4. The van der Waals surface area contributed by atoms with Crippen LogP contribution in [0.1, 0.15) is 21.7 Å². The van der Waals surface area contributed by atoms with Crippen molar-refractivity contribution in [2.75, 3.05) is 25.6 Å². The van der Waals surface area contributed by atoms with Gasteiger partial charge in [-0.3, -0.25) is 4.79 Å². The minimum Gasteiger partial charge on any atom is -0.373 e. The Bertz CT molecular complexity index is 453. The molecule has 2 rings (SSSR count). The summed E-state index contributed by atoms with van der Waals surface area (Å²) in [7, 11) is 0. The summed E-state index contributed by atoms with van der Waals surface area (Å²) in [6.07, 6.45) is -0.0828. The highest BCUT2D eigenvalue weighted by Gasteiger charge is 2.25. The number of carbonyl (C=O) groups excluding carboxylic acids is 1. The van der Waals surface area contributed by atoms with Gasteiger partial charge in [-0.05, 0) is 19.9 Å². The number of halogens is 1. The molecule has 98 valence electrons. The smallest absolute Gasteiger partial charge is 0.256 e. The van der Waals surface area contributed by atoms with Gasteiger partial charge in [-0.15, -0.1) is 11.6 Å². The average Bonchev–Trinajstić information content (AvgIpc) is 2.41. The second-order valence-electron chi connectivity index (χ2n) is 4.38. The number of carbonyl (C=O) groups is 1. The first-order valence-electron chi connectivity index (χ1n) is 5.89. The van der Waals surface area contributed by atoms with Gasteiger partial charge < -0.3 is 9.64 Å². The van der Waals surface area contributed by atoms with Gasteiger partial charge >= 0.3 is 0 Å². The number of morpholine rings is 1. The zero-order chi connectivity index (χ0) is 13.1. The summed E-state index contributed by atoms with van der Waals surface area (Å²) in [5, 5.41) is 7.91. The van der Waals surface area contributed by atoms with E-state index in [0.717, 1.165) is 5.69 Å². The van der Waals surface area contributed by atoms with Crippen LogP contribution in [0.15, 0.2) is 6.07 Å². The summed E-state index contributed by atoms with van der Waals surface area (Å²) in [6, 6.07) is 1.77. The summed E-state index contributed by atoms with van der Waals surface area (Å²) < 4.78 is 5.44. The van der Waals surface area contributed by atoms with Crippen LogP contribution in [-0.4, -0.2) is 52.7 Å². The highest BCUT2D eigenvalue weighted by atomic mass is 35.5. The third-order valence-electron chi connectivity index (χ3n) is 2.93. The molecule has 1 aromatic heterocycles. The number of rotatable bonds is 2. The number of ether oxygens (including phenoxy) is 1. The van der Waals surface area contributed by atoms with E-state index < -0.39 is 0 Å². The van der Waals surface area contributed by atoms with Crippen LogP contribution >= 0.6 is 11.6 Å². The molecule has 1 atom stereocenters. The Morgan fingerprint density at radius 3 is 3.06 bits per heavy atom. The number of hydrogen-bond acceptors (Lipinski definition) is 4. The predicted molar refractivity (Wildman–Crippen MR) is 67.9 cm³/mol. The lowest BCUT2D eigenvalue weighted by Gasteiger charge is -2.32. The topological polar surface area (TPSA) is 55.3 Å². The highest BCUT2D eigenvalue weighted by Crippen LogP contribution is 2.13. The van der Waals surface area contributed by atoms with Crippen LogP contribution in [0.2, 0.25) is 0 Å². The van der Waals surface area contributed by atoms with E-state index in [4.69, 9.17) is 16.3 Å². The van der Waals surface area contributed by atoms with Crippen LogP contribution in [-0.2, 0) is 4.74 Å². The molecule has 0 radical (unpaired) electrons. The van der Waals surface area contributed by atoms with Crippen LogP contribution in [0.4, 0.5) is 0 Å². The maximum absolute atomic E-state index is 12.4. The number of hydrogen-bond donors (Lipinski definition) is 0. The first-order valence-corrected chi connectivity index (χ1v) is 6.43. The SMILES string of the molecule is Cc1cc(C(=O)N2CCOC(CCl)C2)c(C)nn1. The van der Waals surface area contributed by atoms with Crippen molar-refractivity contribution in [3.8, 4) is 0 Å².